The van der Waals surface area contributed by atoms with Crippen LogP contribution in [0.15, 0.2) is 72.8 Å². The van der Waals surface area contributed by atoms with Gasteiger partial charge in [0.1, 0.15) is 11.5 Å². The summed E-state index contributed by atoms with van der Waals surface area (Å²) in [5.74, 6) is 1.01. The third-order valence-electron chi connectivity index (χ3n) is 8.02. The second kappa shape index (κ2) is 12.6. The Bertz CT molecular complexity index is 1290. The van der Waals surface area contributed by atoms with E-state index in [1.165, 1.54) is 22.3 Å². The van der Waals surface area contributed by atoms with Crippen LogP contribution in [0.5, 0.6) is 11.5 Å². The number of benzene rings is 3. The first-order chi connectivity index (χ1) is 17.5. The average Bonchev–Trinajstić information content (AvgIpc) is 3.43. The molecule has 7 heteroatoms. The van der Waals surface area contributed by atoms with Crippen molar-refractivity contribution >= 4 is 10.1 Å². The Labute approximate surface area is 249 Å². The van der Waals surface area contributed by atoms with Crippen molar-refractivity contribution < 1.29 is 52.4 Å². The molecule has 3 unspecified atom stereocenters. The zero-order valence-electron chi connectivity index (χ0n) is 22.9. The van der Waals surface area contributed by atoms with Crippen LogP contribution in [0.1, 0.15) is 67.7 Å². The van der Waals surface area contributed by atoms with Gasteiger partial charge in [-0.15, -0.1) is 0 Å². The van der Waals surface area contributed by atoms with E-state index in [4.69, 9.17) is 4.74 Å². The maximum absolute atomic E-state index is 10.7. The van der Waals surface area contributed by atoms with E-state index in [0.29, 0.717) is 25.4 Å². The van der Waals surface area contributed by atoms with Gasteiger partial charge in [0.15, 0.2) is 0 Å². The summed E-state index contributed by atoms with van der Waals surface area (Å²) < 4.78 is 37.9. The topological polar surface area (TPSA) is 86.7 Å². The van der Waals surface area contributed by atoms with Gasteiger partial charge in [0.05, 0.1) is 16.7 Å². The maximum Gasteiger partial charge on any atom is 1.00 e. The molecule has 0 heterocycles. The molecule has 3 atom stereocenters. The summed E-state index contributed by atoms with van der Waals surface area (Å²) >= 11 is 0. The number of hydrogen-bond acceptors (Lipinski definition) is 5. The fourth-order valence-corrected chi connectivity index (χ4v) is 6.34. The van der Waals surface area contributed by atoms with E-state index in [-0.39, 0.29) is 51.9 Å². The molecule has 198 valence electrons. The van der Waals surface area contributed by atoms with Crippen LogP contribution < -0.4 is 34.3 Å². The van der Waals surface area contributed by atoms with Crippen molar-refractivity contribution in [2.45, 2.75) is 64.2 Å². The fourth-order valence-electron chi connectivity index (χ4n) is 5.78. The van der Waals surface area contributed by atoms with Crippen molar-refractivity contribution in [3.05, 3.63) is 95.1 Å². The molecule has 5 nitrogen and oxygen atoms in total. The molecular weight excluding hydrogens is 507 g/mol. The van der Waals surface area contributed by atoms with E-state index >= 15 is 0 Å². The normalized spacial score (nSPS) is 21.4. The predicted molar refractivity (Wildman–Crippen MR) is 146 cm³/mol. The molecule has 0 spiro atoms. The molecule has 3 aromatic carbocycles. The monoisotopic (exact) mass is 544 g/mol. The van der Waals surface area contributed by atoms with Gasteiger partial charge in [-0.2, -0.15) is 0 Å². The Morgan fingerprint density at radius 2 is 1.61 bits per heavy atom. The third-order valence-corrected chi connectivity index (χ3v) is 8.81. The van der Waals surface area contributed by atoms with Crippen LogP contribution in [0.4, 0.5) is 0 Å². The van der Waals surface area contributed by atoms with Gasteiger partial charge in [0, 0.05) is 11.2 Å². The van der Waals surface area contributed by atoms with Crippen molar-refractivity contribution in [3.8, 4) is 11.5 Å². The Hall–Kier alpha value is -1.83. The Morgan fingerprint density at radius 1 is 0.974 bits per heavy atom. The largest absolute Gasteiger partial charge is 1.00 e. The summed E-state index contributed by atoms with van der Waals surface area (Å²) in [6.07, 6.45) is 3.95. The zero-order valence-corrected chi connectivity index (χ0v) is 25.8. The Morgan fingerprint density at radius 3 is 2.21 bits per heavy atom. The second-order valence-electron chi connectivity index (χ2n) is 11.0. The summed E-state index contributed by atoms with van der Waals surface area (Å²) in [4.78, 5) is 0. The standard InChI is InChI=1S/C31H38O5S.Na/c1-23-6-8-25(9-7-23)21-30(3)22-31(30,27-12-14-28(32)15-13-27)20-24(2)26-10-16-29(17-11-26)36-18-4-5-19-37(33,34)35;/h6-17,24,32H,4-5,18-22H2,1-3H3,(H,33,34,35);/q;+1/p-1. The SMILES string of the molecule is Cc1ccc(CC2(C)CC2(CC(C)c2ccc(OCCCCS(=O)(=O)[O-])cc2)c2ccc(O)cc2)cc1.[Na+]. The summed E-state index contributed by atoms with van der Waals surface area (Å²) in [6.45, 7) is 7.15. The van der Waals surface area contributed by atoms with E-state index in [0.717, 1.165) is 25.0 Å². The van der Waals surface area contributed by atoms with Gasteiger partial charge in [-0.05, 0) is 91.3 Å². The first-order valence-corrected chi connectivity index (χ1v) is 14.6. The van der Waals surface area contributed by atoms with Crippen LogP contribution in [0.3, 0.4) is 0 Å². The smallest absolute Gasteiger partial charge is 0.748 e. The van der Waals surface area contributed by atoms with E-state index in [1.54, 1.807) is 12.1 Å². The molecule has 1 N–H and O–H groups in total. The van der Waals surface area contributed by atoms with Crippen molar-refractivity contribution in [1.82, 2.24) is 0 Å². The minimum Gasteiger partial charge on any atom is -0.748 e. The van der Waals surface area contributed by atoms with Gasteiger partial charge in [-0.25, -0.2) is 8.42 Å². The molecular formula is C31H37NaO5S. The van der Waals surface area contributed by atoms with Gasteiger partial charge in [-0.3, -0.25) is 0 Å². The molecule has 0 amide bonds. The molecule has 0 aliphatic heterocycles. The molecule has 1 aliphatic carbocycles. The molecule has 3 aromatic rings. The minimum atomic E-state index is -4.16. The van der Waals surface area contributed by atoms with E-state index < -0.39 is 10.1 Å². The third kappa shape index (κ3) is 7.64. The number of hydrogen-bond donors (Lipinski definition) is 1. The van der Waals surface area contributed by atoms with Crippen molar-refractivity contribution in [1.29, 1.82) is 0 Å². The van der Waals surface area contributed by atoms with E-state index in [9.17, 15) is 18.1 Å². The second-order valence-corrected chi connectivity index (χ2v) is 12.5. The van der Waals surface area contributed by atoms with Gasteiger partial charge in [-0.1, -0.05) is 67.9 Å². The molecule has 0 bridgehead atoms. The van der Waals surface area contributed by atoms with Gasteiger partial charge < -0.3 is 14.4 Å². The van der Waals surface area contributed by atoms with Crippen LogP contribution in [-0.4, -0.2) is 30.4 Å². The van der Waals surface area contributed by atoms with Gasteiger partial charge in [0.25, 0.3) is 0 Å². The number of ether oxygens (including phenoxy) is 1. The summed E-state index contributed by atoms with van der Waals surface area (Å²) in [5.41, 5.74) is 5.32. The van der Waals surface area contributed by atoms with Crippen molar-refractivity contribution in [2.24, 2.45) is 5.41 Å². The molecule has 0 saturated heterocycles. The zero-order chi connectivity index (χ0) is 26.7. The van der Waals surface area contributed by atoms with Crippen LogP contribution in [-0.2, 0) is 22.0 Å². The molecule has 0 aromatic heterocycles. The average molecular weight is 545 g/mol. The van der Waals surface area contributed by atoms with E-state index in [2.05, 4.69) is 69.3 Å². The maximum atomic E-state index is 10.7. The predicted octanol–water partition coefficient (Wildman–Crippen LogP) is 3.49. The first-order valence-electron chi connectivity index (χ1n) is 13.0. The minimum absolute atomic E-state index is 0. The summed E-state index contributed by atoms with van der Waals surface area (Å²) in [6, 6.07) is 24.7. The molecule has 1 saturated carbocycles. The number of aryl methyl sites for hydroxylation is 1. The Balaban J connectivity index is 0.00000400. The van der Waals surface area contributed by atoms with Gasteiger partial charge in [0.2, 0.25) is 0 Å². The fraction of sp³-hybridized carbons (Fsp3) is 0.419. The number of phenolic OH excluding ortho intramolecular Hbond substituents is 1. The number of rotatable bonds is 12. The quantitative estimate of drug-likeness (QED) is 0.214. The van der Waals surface area contributed by atoms with Crippen LogP contribution >= 0.6 is 0 Å². The van der Waals surface area contributed by atoms with Crippen LogP contribution in [0, 0.1) is 12.3 Å². The van der Waals surface area contributed by atoms with Gasteiger partial charge >= 0.3 is 29.6 Å². The van der Waals surface area contributed by atoms with Crippen molar-refractivity contribution in [3.63, 3.8) is 0 Å². The molecule has 1 fully saturated rings. The number of phenols is 1. The van der Waals surface area contributed by atoms with E-state index in [1.807, 2.05) is 12.1 Å². The molecule has 4 rings (SSSR count). The molecule has 38 heavy (non-hydrogen) atoms. The van der Waals surface area contributed by atoms with Crippen LogP contribution in [0.25, 0.3) is 0 Å². The first kappa shape index (κ1) is 30.7. The summed E-state index contributed by atoms with van der Waals surface area (Å²) in [5, 5.41) is 9.89. The number of aromatic hydroxyl groups is 1. The number of unbranched alkanes of at least 4 members (excludes halogenated alkanes) is 1. The van der Waals surface area contributed by atoms with Crippen molar-refractivity contribution in [2.75, 3.05) is 12.4 Å². The molecule has 1 aliphatic rings. The molecule has 0 radical (unpaired) electrons. The summed E-state index contributed by atoms with van der Waals surface area (Å²) in [7, 11) is -4.16. The van der Waals surface area contributed by atoms with Crippen LogP contribution in [0.2, 0.25) is 0 Å². The Kier molecular flexibility index (Phi) is 10.2.